The Kier molecular flexibility index (Phi) is 7.05. The molecule has 170 valence electrons. The molecule has 2 aliphatic rings. The lowest BCUT2D eigenvalue weighted by molar-refractivity contribution is -0.144. The summed E-state index contributed by atoms with van der Waals surface area (Å²) in [5.41, 5.74) is 2.92. The molecule has 0 saturated heterocycles. The predicted octanol–water partition coefficient (Wildman–Crippen LogP) is 3.37. The molecule has 0 unspecified atom stereocenters. The average Bonchev–Trinajstić information content (AvgIpc) is 3.57. The van der Waals surface area contributed by atoms with E-state index in [9.17, 15) is 9.59 Å². The Balaban J connectivity index is 1.57. The van der Waals surface area contributed by atoms with Gasteiger partial charge in [-0.2, -0.15) is 5.10 Å². The fourth-order valence-corrected chi connectivity index (χ4v) is 4.73. The molecule has 32 heavy (non-hydrogen) atoms. The Morgan fingerprint density at radius 3 is 2.53 bits per heavy atom. The van der Waals surface area contributed by atoms with Crippen molar-refractivity contribution in [2.24, 2.45) is 18.1 Å². The van der Waals surface area contributed by atoms with Gasteiger partial charge in [-0.05, 0) is 30.5 Å². The Bertz CT molecular complexity index is 963. The average molecular weight is 437 g/mol. The minimum Gasteiger partial charge on any atom is -0.383 e. The van der Waals surface area contributed by atoms with Crippen molar-refractivity contribution >= 4 is 17.5 Å². The van der Waals surface area contributed by atoms with E-state index < -0.39 is 0 Å². The molecule has 1 fully saturated rings. The van der Waals surface area contributed by atoms with Crippen molar-refractivity contribution in [3.8, 4) is 0 Å². The van der Waals surface area contributed by atoms with Crippen LogP contribution in [0, 0.1) is 5.92 Å². The zero-order chi connectivity index (χ0) is 22.5. The first-order valence-corrected chi connectivity index (χ1v) is 11.4. The highest BCUT2D eigenvalue weighted by molar-refractivity contribution is 6.02. The van der Waals surface area contributed by atoms with Crippen LogP contribution in [0.5, 0.6) is 0 Å². The van der Waals surface area contributed by atoms with E-state index in [0.29, 0.717) is 19.6 Å². The molecule has 1 atom stereocenters. The summed E-state index contributed by atoms with van der Waals surface area (Å²) in [4.78, 5) is 28.3. The van der Waals surface area contributed by atoms with Crippen LogP contribution in [0.15, 0.2) is 53.8 Å². The molecule has 0 spiro atoms. The second-order valence-electron chi connectivity index (χ2n) is 8.65. The summed E-state index contributed by atoms with van der Waals surface area (Å²) >= 11 is 0. The van der Waals surface area contributed by atoms with Gasteiger partial charge in [0.25, 0.3) is 5.91 Å². The number of carbonyl (C=O) groups is 2. The maximum Gasteiger partial charge on any atom is 0.262 e. The standard InChI is InChI=1S/C25H32N4O3/c1-27-14-8-13-22(27)21-17-23(19-9-4-3-5-10-19)29(26-21)24(30)18-28(15-16-32-2)25(31)20-11-6-7-12-20/h3-5,8-10,13-14,20,23H,6-7,11-12,15-18H2,1-2H3/t23-/m1/s1. The highest BCUT2D eigenvalue weighted by atomic mass is 16.5. The van der Waals surface area contributed by atoms with Crippen molar-refractivity contribution in [2.45, 2.75) is 38.1 Å². The second-order valence-corrected chi connectivity index (χ2v) is 8.65. The molecule has 7 nitrogen and oxygen atoms in total. The monoisotopic (exact) mass is 436 g/mol. The summed E-state index contributed by atoms with van der Waals surface area (Å²) in [5.74, 6) is -0.0777. The van der Waals surface area contributed by atoms with Crippen LogP contribution in [0.4, 0.5) is 0 Å². The molecule has 1 aromatic heterocycles. The van der Waals surface area contributed by atoms with Crippen LogP contribution in [0.3, 0.4) is 0 Å². The summed E-state index contributed by atoms with van der Waals surface area (Å²) < 4.78 is 7.23. The lowest BCUT2D eigenvalue weighted by Gasteiger charge is -2.28. The quantitative estimate of drug-likeness (QED) is 0.637. The highest BCUT2D eigenvalue weighted by Gasteiger charge is 2.36. The van der Waals surface area contributed by atoms with E-state index in [1.807, 2.05) is 60.3 Å². The SMILES string of the molecule is COCCN(CC(=O)N1N=C(c2cccn2C)C[C@@H]1c1ccccc1)C(=O)C1CCCC1. The maximum atomic E-state index is 13.5. The molecule has 2 heterocycles. The van der Waals surface area contributed by atoms with Gasteiger partial charge in [0.05, 0.1) is 24.1 Å². The lowest BCUT2D eigenvalue weighted by atomic mass is 10.0. The van der Waals surface area contributed by atoms with Gasteiger partial charge >= 0.3 is 0 Å². The smallest absolute Gasteiger partial charge is 0.262 e. The Morgan fingerprint density at radius 2 is 1.88 bits per heavy atom. The molecule has 1 aliphatic carbocycles. The van der Waals surface area contributed by atoms with Gasteiger partial charge < -0.3 is 14.2 Å². The molecule has 4 rings (SSSR count). The summed E-state index contributed by atoms with van der Waals surface area (Å²) in [5, 5.41) is 6.33. The number of benzene rings is 1. The molecule has 1 aromatic carbocycles. The van der Waals surface area contributed by atoms with E-state index in [4.69, 9.17) is 9.84 Å². The van der Waals surface area contributed by atoms with E-state index in [1.165, 1.54) is 0 Å². The van der Waals surface area contributed by atoms with Crippen molar-refractivity contribution in [2.75, 3.05) is 26.8 Å². The van der Waals surface area contributed by atoms with Gasteiger partial charge in [0.1, 0.15) is 6.54 Å². The predicted molar refractivity (Wildman–Crippen MR) is 123 cm³/mol. The van der Waals surface area contributed by atoms with Gasteiger partial charge in [-0.25, -0.2) is 5.01 Å². The fourth-order valence-electron chi connectivity index (χ4n) is 4.73. The van der Waals surface area contributed by atoms with Crippen LogP contribution < -0.4 is 0 Å². The number of methoxy groups -OCH3 is 1. The topological polar surface area (TPSA) is 67.1 Å². The molecule has 1 saturated carbocycles. The molecule has 0 bridgehead atoms. The van der Waals surface area contributed by atoms with Crippen LogP contribution in [-0.2, 0) is 21.4 Å². The van der Waals surface area contributed by atoms with Crippen molar-refractivity contribution in [3.63, 3.8) is 0 Å². The van der Waals surface area contributed by atoms with E-state index in [2.05, 4.69) is 0 Å². The van der Waals surface area contributed by atoms with Gasteiger partial charge in [-0.3, -0.25) is 9.59 Å². The normalized spacial score (nSPS) is 18.8. The minimum absolute atomic E-state index is 0.0191. The fraction of sp³-hybridized carbons (Fsp3) is 0.480. The number of amides is 2. The number of nitrogens with zero attached hydrogens (tertiary/aromatic N) is 4. The number of hydrogen-bond acceptors (Lipinski definition) is 4. The van der Waals surface area contributed by atoms with E-state index in [0.717, 1.165) is 42.7 Å². The number of carbonyl (C=O) groups excluding carboxylic acids is 2. The van der Waals surface area contributed by atoms with Crippen molar-refractivity contribution in [1.29, 1.82) is 0 Å². The van der Waals surface area contributed by atoms with Crippen LogP contribution in [0.1, 0.15) is 49.4 Å². The van der Waals surface area contributed by atoms with Gasteiger partial charge in [0.2, 0.25) is 5.91 Å². The molecular weight excluding hydrogens is 404 g/mol. The minimum atomic E-state index is -0.181. The van der Waals surface area contributed by atoms with Crippen LogP contribution in [-0.4, -0.2) is 58.8 Å². The Morgan fingerprint density at radius 1 is 1.12 bits per heavy atom. The molecule has 2 amide bonds. The largest absolute Gasteiger partial charge is 0.383 e. The van der Waals surface area contributed by atoms with E-state index in [-0.39, 0.29) is 30.3 Å². The van der Waals surface area contributed by atoms with Crippen LogP contribution in [0.2, 0.25) is 0 Å². The number of aromatic nitrogens is 1. The van der Waals surface area contributed by atoms with E-state index >= 15 is 0 Å². The summed E-state index contributed by atoms with van der Waals surface area (Å²) in [6.07, 6.45) is 6.59. The Hall–Kier alpha value is -2.93. The Labute approximate surface area is 189 Å². The first-order valence-electron chi connectivity index (χ1n) is 11.4. The zero-order valence-electron chi connectivity index (χ0n) is 18.9. The lowest BCUT2D eigenvalue weighted by Crippen LogP contribution is -2.44. The van der Waals surface area contributed by atoms with Crippen molar-refractivity contribution in [1.82, 2.24) is 14.5 Å². The number of ether oxygens (including phenoxy) is 1. The molecule has 0 N–H and O–H groups in total. The van der Waals surface area contributed by atoms with Crippen LogP contribution in [0.25, 0.3) is 0 Å². The molecule has 7 heteroatoms. The first kappa shape index (κ1) is 22.3. The zero-order valence-corrected chi connectivity index (χ0v) is 18.9. The number of aryl methyl sites for hydroxylation is 1. The number of rotatable bonds is 8. The summed E-state index contributed by atoms with van der Waals surface area (Å²) in [6.45, 7) is 0.841. The third kappa shape index (κ3) is 4.78. The maximum absolute atomic E-state index is 13.5. The van der Waals surface area contributed by atoms with Crippen molar-refractivity contribution in [3.05, 3.63) is 59.9 Å². The molecule has 1 aliphatic heterocycles. The number of hydrogen-bond donors (Lipinski definition) is 0. The van der Waals surface area contributed by atoms with Crippen LogP contribution >= 0.6 is 0 Å². The molecular formula is C25H32N4O3. The first-order chi connectivity index (χ1) is 15.6. The van der Waals surface area contributed by atoms with Gasteiger partial charge in [0, 0.05) is 39.2 Å². The summed E-state index contributed by atoms with van der Waals surface area (Å²) in [7, 11) is 3.59. The third-order valence-electron chi connectivity index (χ3n) is 6.50. The summed E-state index contributed by atoms with van der Waals surface area (Å²) in [6, 6.07) is 13.8. The van der Waals surface area contributed by atoms with E-state index in [1.54, 1.807) is 17.0 Å². The number of hydrazone groups is 1. The highest BCUT2D eigenvalue weighted by Crippen LogP contribution is 2.33. The van der Waals surface area contributed by atoms with Gasteiger partial charge in [-0.15, -0.1) is 0 Å². The second kappa shape index (κ2) is 10.1. The molecule has 0 radical (unpaired) electrons. The van der Waals surface area contributed by atoms with Gasteiger partial charge in [0.15, 0.2) is 0 Å². The molecule has 2 aromatic rings. The van der Waals surface area contributed by atoms with Gasteiger partial charge in [-0.1, -0.05) is 43.2 Å². The third-order valence-corrected chi connectivity index (χ3v) is 6.50. The van der Waals surface area contributed by atoms with Crippen molar-refractivity contribution < 1.29 is 14.3 Å².